The summed E-state index contributed by atoms with van der Waals surface area (Å²) in [7, 11) is 0. The molecule has 1 aliphatic heterocycles. The average Bonchev–Trinajstić information content (AvgIpc) is 2.71. The maximum atomic E-state index is 13.1. The molecule has 5 nitrogen and oxygen atoms in total. The van der Waals surface area contributed by atoms with E-state index in [9.17, 15) is 9.59 Å². The van der Waals surface area contributed by atoms with Crippen molar-refractivity contribution in [3.8, 4) is 5.75 Å². The van der Waals surface area contributed by atoms with Gasteiger partial charge in [-0.1, -0.05) is 56.3 Å². The first kappa shape index (κ1) is 19.9. The van der Waals surface area contributed by atoms with Crippen molar-refractivity contribution in [3.05, 3.63) is 65.7 Å². The first-order valence-corrected chi connectivity index (χ1v) is 9.87. The number of carbonyl (C=O) groups is 2. The van der Waals surface area contributed by atoms with Gasteiger partial charge in [-0.05, 0) is 35.6 Å². The van der Waals surface area contributed by atoms with Crippen LogP contribution in [0.1, 0.15) is 31.4 Å². The summed E-state index contributed by atoms with van der Waals surface area (Å²) in [6.07, 6.45) is 1.07. The molecule has 1 atom stereocenters. The van der Waals surface area contributed by atoms with E-state index < -0.39 is 6.04 Å². The first-order chi connectivity index (χ1) is 13.5. The van der Waals surface area contributed by atoms with Crippen molar-refractivity contribution in [2.24, 2.45) is 5.92 Å². The summed E-state index contributed by atoms with van der Waals surface area (Å²) in [6, 6.07) is 17.1. The van der Waals surface area contributed by atoms with Crippen molar-refractivity contribution in [2.45, 2.75) is 39.3 Å². The van der Waals surface area contributed by atoms with Gasteiger partial charge in [0.25, 0.3) is 0 Å². The summed E-state index contributed by atoms with van der Waals surface area (Å²) in [6.45, 7) is 5.49. The van der Waals surface area contributed by atoms with Crippen LogP contribution >= 0.6 is 0 Å². The zero-order chi connectivity index (χ0) is 19.9. The van der Waals surface area contributed by atoms with Gasteiger partial charge in [0.1, 0.15) is 11.8 Å². The second-order valence-corrected chi connectivity index (χ2v) is 7.48. The lowest BCUT2D eigenvalue weighted by Gasteiger charge is -2.33. The molecule has 2 aromatic rings. The summed E-state index contributed by atoms with van der Waals surface area (Å²) in [5, 5.41) is 2.91. The van der Waals surface area contributed by atoms with Crippen LogP contribution < -0.4 is 10.1 Å². The molecule has 5 heteroatoms. The summed E-state index contributed by atoms with van der Waals surface area (Å²) < 4.78 is 5.58. The Bertz CT molecular complexity index is 805. The van der Waals surface area contributed by atoms with Crippen LogP contribution in [0.4, 0.5) is 0 Å². The Morgan fingerprint density at radius 1 is 1.04 bits per heavy atom. The number of carbonyl (C=O) groups excluding carboxylic acids is 2. The molecule has 0 radical (unpaired) electrons. The monoisotopic (exact) mass is 380 g/mol. The topological polar surface area (TPSA) is 58.6 Å². The smallest absolute Gasteiger partial charge is 0.245 e. The van der Waals surface area contributed by atoms with Gasteiger partial charge < -0.3 is 15.0 Å². The summed E-state index contributed by atoms with van der Waals surface area (Å²) in [4.78, 5) is 27.3. The minimum absolute atomic E-state index is 0.0122. The molecule has 0 spiro atoms. The van der Waals surface area contributed by atoms with E-state index in [0.29, 0.717) is 13.1 Å². The quantitative estimate of drug-likeness (QED) is 0.803. The number of amides is 2. The lowest BCUT2D eigenvalue weighted by Crippen LogP contribution is -2.52. The molecule has 0 aliphatic carbocycles. The molecule has 0 saturated heterocycles. The van der Waals surface area contributed by atoms with Crippen LogP contribution in [0.15, 0.2) is 54.6 Å². The molecule has 1 heterocycles. The fraction of sp³-hybridized carbons (Fsp3) is 0.391. The molecule has 3 rings (SSSR count). The average molecular weight is 380 g/mol. The van der Waals surface area contributed by atoms with E-state index >= 15 is 0 Å². The van der Waals surface area contributed by atoms with Crippen LogP contribution in [0.25, 0.3) is 0 Å². The van der Waals surface area contributed by atoms with Gasteiger partial charge >= 0.3 is 0 Å². The van der Waals surface area contributed by atoms with Gasteiger partial charge in [-0.3, -0.25) is 9.59 Å². The maximum absolute atomic E-state index is 13.1. The Labute approximate surface area is 166 Å². The Morgan fingerprint density at radius 3 is 2.43 bits per heavy atom. The van der Waals surface area contributed by atoms with Crippen LogP contribution in [-0.2, 0) is 22.6 Å². The lowest BCUT2D eigenvalue weighted by molar-refractivity contribution is -0.138. The number of ether oxygens (including phenoxy) is 1. The summed E-state index contributed by atoms with van der Waals surface area (Å²) in [5.41, 5.74) is 2.49. The highest BCUT2D eigenvalue weighted by Crippen LogP contribution is 2.20. The molecular weight excluding hydrogens is 352 g/mol. The molecule has 0 saturated carbocycles. The van der Waals surface area contributed by atoms with Crippen molar-refractivity contribution in [1.82, 2.24) is 10.2 Å². The predicted octanol–water partition coefficient (Wildman–Crippen LogP) is 3.18. The van der Waals surface area contributed by atoms with Gasteiger partial charge in [0.05, 0.1) is 13.0 Å². The van der Waals surface area contributed by atoms with E-state index in [1.54, 1.807) is 0 Å². The van der Waals surface area contributed by atoms with Crippen LogP contribution in [0.3, 0.4) is 0 Å². The molecule has 148 valence electrons. The molecule has 0 fully saturated rings. The highest BCUT2D eigenvalue weighted by molar-refractivity contribution is 5.88. The van der Waals surface area contributed by atoms with Gasteiger partial charge in [0, 0.05) is 13.1 Å². The number of benzene rings is 2. The van der Waals surface area contributed by atoms with E-state index in [0.717, 1.165) is 12.2 Å². The highest BCUT2D eigenvalue weighted by atomic mass is 16.5. The van der Waals surface area contributed by atoms with E-state index in [-0.39, 0.29) is 30.8 Å². The number of hydrogen-bond acceptors (Lipinski definition) is 3. The van der Waals surface area contributed by atoms with Crippen molar-refractivity contribution in [1.29, 1.82) is 0 Å². The van der Waals surface area contributed by atoms with Gasteiger partial charge in [0.15, 0.2) is 0 Å². The molecule has 28 heavy (non-hydrogen) atoms. The van der Waals surface area contributed by atoms with E-state index in [4.69, 9.17) is 4.74 Å². The Morgan fingerprint density at radius 2 is 1.71 bits per heavy atom. The molecule has 0 bridgehead atoms. The fourth-order valence-electron chi connectivity index (χ4n) is 3.42. The SMILES string of the molecule is CC(C)[C@H](NC(=O)CCOc1ccccc1)C(=O)N1CCc2ccccc2C1. The molecule has 2 amide bonds. The third-order valence-corrected chi connectivity index (χ3v) is 5.03. The van der Waals surface area contributed by atoms with E-state index in [1.807, 2.05) is 61.2 Å². The van der Waals surface area contributed by atoms with Crippen molar-refractivity contribution >= 4 is 11.8 Å². The highest BCUT2D eigenvalue weighted by Gasteiger charge is 2.30. The molecule has 0 unspecified atom stereocenters. The standard InChI is InChI=1S/C23H28N2O3/c1-17(2)22(24-21(26)13-15-28-20-10-4-3-5-11-20)23(27)25-14-12-18-8-6-7-9-19(18)16-25/h3-11,17,22H,12-16H2,1-2H3,(H,24,26)/t22-/m0/s1. The van der Waals surface area contributed by atoms with Gasteiger partial charge in [0.2, 0.25) is 11.8 Å². The predicted molar refractivity (Wildman–Crippen MR) is 109 cm³/mol. The van der Waals surface area contributed by atoms with E-state index in [1.165, 1.54) is 11.1 Å². The zero-order valence-electron chi connectivity index (χ0n) is 16.6. The maximum Gasteiger partial charge on any atom is 0.245 e. The van der Waals surface area contributed by atoms with Gasteiger partial charge in [-0.15, -0.1) is 0 Å². The van der Waals surface area contributed by atoms with Crippen LogP contribution in [0, 0.1) is 5.92 Å². The van der Waals surface area contributed by atoms with Crippen LogP contribution in [-0.4, -0.2) is 35.9 Å². The van der Waals surface area contributed by atoms with Crippen LogP contribution in [0.2, 0.25) is 0 Å². The molecule has 2 aromatic carbocycles. The minimum Gasteiger partial charge on any atom is -0.493 e. The number of rotatable bonds is 7. The molecular formula is C23H28N2O3. The summed E-state index contributed by atoms with van der Waals surface area (Å²) in [5.74, 6) is 0.574. The fourth-order valence-corrected chi connectivity index (χ4v) is 3.42. The number of nitrogens with one attached hydrogen (secondary N) is 1. The third-order valence-electron chi connectivity index (χ3n) is 5.03. The Kier molecular flexibility index (Phi) is 6.69. The zero-order valence-corrected chi connectivity index (χ0v) is 16.6. The Hall–Kier alpha value is -2.82. The van der Waals surface area contributed by atoms with Crippen molar-refractivity contribution < 1.29 is 14.3 Å². The second kappa shape index (κ2) is 9.40. The van der Waals surface area contributed by atoms with Gasteiger partial charge in [-0.25, -0.2) is 0 Å². The van der Waals surface area contributed by atoms with Gasteiger partial charge in [-0.2, -0.15) is 0 Å². The van der Waals surface area contributed by atoms with E-state index in [2.05, 4.69) is 17.4 Å². The Balaban J connectivity index is 1.54. The number of nitrogens with zero attached hydrogens (tertiary/aromatic N) is 1. The molecule has 1 aliphatic rings. The lowest BCUT2D eigenvalue weighted by atomic mass is 9.97. The normalized spacial score (nSPS) is 14.3. The summed E-state index contributed by atoms with van der Waals surface area (Å²) >= 11 is 0. The minimum atomic E-state index is -0.519. The molecule has 1 N–H and O–H groups in total. The number of para-hydroxylation sites is 1. The first-order valence-electron chi connectivity index (χ1n) is 9.87. The number of hydrogen-bond donors (Lipinski definition) is 1. The largest absolute Gasteiger partial charge is 0.493 e. The number of fused-ring (bicyclic) bond motifs is 1. The van der Waals surface area contributed by atoms with Crippen molar-refractivity contribution in [3.63, 3.8) is 0 Å². The molecule has 0 aromatic heterocycles. The third kappa shape index (κ3) is 5.12. The second-order valence-electron chi connectivity index (χ2n) is 7.48. The van der Waals surface area contributed by atoms with Crippen molar-refractivity contribution in [2.75, 3.05) is 13.2 Å². The van der Waals surface area contributed by atoms with Crippen LogP contribution in [0.5, 0.6) is 5.75 Å².